The first kappa shape index (κ1) is 22.3. The summed E-state index contributed by atoms with van der Waals surface area (Å²) >= 11 is 1.65. The van der Waals surface area contributed by atoms with E-state index in [2.05, 4.69) is 26.4 Å². The van der Waals surface area contributed by atoms with Crippen molar-refractivity contribution in [1.29, 1.82) is 0 Å². The Morgan fingerprint density at radius 3 is 2.80 bits per heavy atom. The summed E-state index contributed by atoms with van der Waals surface area (Å²) in [6.45, 7) is 2.37. The molecule has 11 heteroatoms. The number of anilines is 1. The molecule has 0 saturated carbocycles. The van der Waals surface area contributed by atoms with E-state index in [0.29, 0.717) is 6.54 Å². The topological polar surface area (TPSA) is 152 Å². The number of amides is 1. The fourth-order valence-electron chi connectivity index (χ4n) is 3.74. The summed E-state index contributed by atoms with van der Waals surface area (Å²) in [5.74, 6) is -0.646. The number of carbonyl (C=O) groups is 1. The lowest BCUT2D eigenvalue weighted by atomic mass is 10.0. The predicted octanol–water partition coefficient (Wildman–Crippen LogP) is 2.66. The molecule has 35 heavy (non-hydrogen) atoms. The molecule has 176 valence electrons. The van der Waals surface area contributed by atoms with E-state index in [0.717, 1.165) is 31.9 Å². The highest BCUT2D eigenvalue weighted by Crippen LogP contribution is 2.25. The van der Waals surface area contributed by atoms with Gasteiger partial charge in [-0.3, -0.25) is 19.3 Å². The van der Waals surface area contributed by atoms with Gasteiger partial charge in [-0.2, -0.15) is 5.10 Å². The van der Waals surface area contributed by atoms with Crippen LogP contribution in [0, 0.1) is 0 Å². The highest BCUT2D eigenvalue weighted by molar-refractivity contribution is 7.18. The number of H-pyrrole nitrogens is 2. The molecule has 0 fully saturated rings. The molecule has 1 amide bonds. The van der Waals surface area contributed by atoms with Crippen molar-refractivity contribution in [1.82, 2.24) is 30.0 Å². The van der Waals surface area contributed by atoms with Crippen LogP contribution in [-0.2, 0) is 6.54 Å². The first-order valence-electron chi connectivity index (χ1n) is 10.8. The van der Waals surface area contributed by atoms with Gasteiger partial charge in [0, 0.05) is 11.8 Å². The van der Waals surface area contributed by atoms with Crippen LogP contribution in [0.25, 0.3) is 21.3 Å². The summed E-state index contributed by atoms with van der Waals surface area (Å²) in [6.07, 6.45) is 3.74. The Kier molecular flexibility index (Phi) is 5.75. The molecular weight excluding hydrogens is 466 g/mol. The molecule has 3 aromatic heterocycles. The number of carbonyl (C=O) groups excluding carboxylic acids is 1. The Balaban J connectivity index is 1.32. The molecular formula is C24H21N7O3S. The highest BCUT2D eigenvalue weighted by Gasteiger charge is 2.17. The lowest BCUT2D eigenvalue weighted by Gasteiger charge is -2.15. The number of fused-ring (bicyclic) bond motifs is 1. The number of hydrogen-bond acceptors (Lipinski definition) is 7. The number of benzene rings is 2. The van der Waals surface area contributed by atoms with Crippen LogP contribution in [0.4, 0.5) is 5.69 Å². The van der Waals surface area contributed by atoms with Gasteiger partial charge in [0.2, 0.25) is 0 Å². The van der Waals surface area contributed by atoms with Gasteiger partial charge >= 0.3 is 5.69 Å². The van der Waals surface area contributed by atoms with E-state index in [-0.39, 0.29) is 11.4 Å². The average molecular weight is 488 g/mol. The van der Waals surface area contributed by atoms with Crippen LogP contribution in [0.1, 0.15) is 34.0 Å². The third-order valence-electron chi connectivity index (χ3n) is 5.54. The second-order valence-electron chi connectivity index (χ2n) is 8.02. The number of hydrogen-bond donors (Lipinski definition) is 4. The van der Waals surface area contributed by atoms with Crippen molar-refractivity contribution in [3.63, 3.8) is 0 Å². The number of nitrogens with two attached hydrogens (primary N) is 1. The number of rotatable bonds is 6. The van der Waals surface area contributed by atoms with E-state index in [4.69, 9.17) is 5.73 Å². The van der Waals surface area contributed by atoms with Crippen LogP contribution in [0.2, 0.25) is 0 Å². The molecule has 0 aliphatic carbocycles. The maximum absolute atomic E-state index is 12.6. The maximum atomic E-state index is 12.6. The van der Waals surface area contributed by atoms with Gasteiger partial charge in [-0.25, -0.2) is 9.78 Å². The van der Waals surface area contributed by atoms with Gasteiger partial charge in [0.15, 0.2) is 0 Å². The van der Waals surface area contributed by atoms with Gasteiger partial charge in [0.25, 0.3) is 11.5 Å². The fourth-order valence-corrected chi connectivity index (χ4v) is 4.70. The largest absolute Gasteiger partial charge is 0.392 e. The van der Waals surface area contributed by atoms with Gasteiger partial charge in [-0.1, -0.05) is 30.3 Å². The minimum absolute atomic E-state index is 0.266. The van der Waals surface area contributed by atoms with Crippen LogP contribution in [0.3, 0.4) is 0 Å². The van der Waals surface area contributed by atoms with Crippen LogP contribution in [0.15, 0.2) is 70.5 Å². The summed E-state index contributed by atoms with van der Waals surface area (Å²) in [4.78, 5) is 44.8. The first-order chi connectivity index (χ1) is 16.9. The quantitative estimate of drug-likeness (QED) is 0.289. The number of nitrogens with zero attached hydrogens (tertiary/aromatic N) is 3. The Bertz CT molecular complexity index is 1630. The van der Waals surface area contributed by atoms with Crippen molar-refractivity contribution in [2.45, 2.75) is 19.5 Å². The zero-order valence-electron chi connectivity index (χ0n) is 18.6. The van der Waals surface area contributed by atoms with Gasteiger partial charge in [0.05, 0.1) is 29.0 Å². The van der Waals surface area contributed by atoms with Crippen molar-refractivity contribution in [2.24, 2.45) is 0 Å². The van der Waals surface area contributed by atoms with Gasteiger partial charge in [-0.05, 0) is 36.2 Å². The Hall–Kier alpha value is -4.51. The van der Waals surface area contributed by atoms with Crippen LogP contribution in [-0.4, -0.2) is 30.6 Å². The SMILES string of the molecule is CC(NC(=O)c1[nH]c(=O)[nH]c(=O)c1N)c1cccc(-c2cnn(Cc3nc4ccccc4s3)c2)c1. The second kappa shape index (κ2) is 9.03. The molecule has 5 rings (SSSR count). The lowest BCUT2D eigenvalue weighted by Crippen LogP contribution is -2.34. The van der Waals surface area contributed by atoms with Gasteiger partial charge in [0.1, 0.15) is 16.4 Å². The Morgan fingerprint density at radius 2 is 1.97 bits per heavy atom. The normalized spacial score (nSPS) is 12.0. The summed E-state index contributed by atoms with van der Waals surface area (Å²) < 4.78 is 2.99. The van der Waals surface area contributed by atoms with E-state index in [1.165, 1.54) is 0 Å². The number of thiazole rings is 1. The molecule has 5 N–H and O–H groups in total. The van der Waals surface area contributed by atoms with Crippen molar-refractivity contribution in [2.75, 3.05) is 5.73 Å². The smallest absolute Gasteiger partial charge is 0.326 e. The van der Waals surface area contributed by atoms with Crippen molar-refractivity contribution < 1.29 is 4.79 Å². The number of nitrogens with one attached hydrogen (secondary N) is 3. The van der Waals surface area contributed by atoms with E-state index >= 15 is 0 Å². The minimum Gasteiger partial charge on any atom is -0.392 e. The maximum Gasteiger partial charge on any atom is 0.326 e. The van der Waals surface area contributed by atoms with Crippen LogP contribution < -0.4 is 22.3 Å². The van der Waals surface area contributed by atoms with Crippen LogP contribution in [0.5, 0.6) is 0 Å². The van der Waals surface area contributed by atoms with Crippen molar-refractivity contribution >= 4 is 33.1 Å². The average Bonchev–Trinajstić information content (AvgIpc) is 3.48. The minimum atomic E-state index is -0.809. The van der Waals surface area contributed by atoms with Crippen molar-refractivity contribution in [3.8, 4) is 11.1 Å². The number of aromatic nitrogens is 5. The molecule has 0 saturated heterocycles. The van der Waals surface area contributed by atoms with Gasteiger partial charge in [-0.15, -0.1) is 11.3 Å². The zero-order valence-corrected chi connectivity index (χ0v) is 19.4. The third kappa shape index (κ3) is 4.62. The summed E-state index contributed by atoms with van der Waals surface area (Å²) in [5.41, 5.74) is 7.11. The van der Waals surface area contributed by atoms with E-state index in [9.17, 15) is 14.4 Å². The van der Waals surface area contributed by atoms with Gasteiger partial charge < -0.3 is 16.0 Å². The molecule has 0 bridgehead atoms. The lowest BCUT2D eigenvalue weighted by molar-refractivity contribution is 0.0935. The van der Waals surface area contributed by atoms with Crippen molar-refractivity contribution in [3.05, 3.63) is 98.0 Å². The Labute approximate surface area is 202 Å². The molecule has 0 spiro atoms. The molecule has 0 aliphatic heterocycles. The summed E-state index contributed by atoms with van der Waals surface area (Å²) in [7, 11) is 0. The summed E-state index contributed by atoms with van der Waals surface area (Å²) in [5, 5.41) is 8.22. The van der Waals surface area contributed by atoms with E-state index in [1.807, 2.05) is 58.3 Å². The first-order valence-corrected chi connectivity index (χ1v) is 11.6. The van der Waals surface area contributed by atoms with Crippen LogP contribution >= 0.6 is 11.3 Å². The molecule has 0 radical (unpaired) electrons. The number of nitrogen functional groups attached to an aromatic ring is 1. The number of aromatic amines is 2. The zero-order chi connectivity index (χ0) is 24.5. The molecule has 1 unspecified atom stereocenters. The Morgan fingerprint density at radius 1 is 1.14 bits per heavy atom. The monoisotopic (exact) mass is 487 g/mol. The molecule has 0 aliphatic rings. The fraction of sp³-hybridized carbons (Fsp3) is 0.125. The molecule has 1 atom stereocenters. The second-order valence-corrected chi connectivity index (χ2v) is 9.13. The highest BCUT2D eigenvalue weighted by atomic mass is 32.1. The third-order valence-corrected chi connectivity index (χ3v) is 6.56. The molecule has 3 heterocycles. The van der Waals surface area contributed by atoms with E-state index < -0.39 is 23.2 Å². The van der Waals surface area contributed by atoms with E-state index in [1.54, 1.807) is 24.5 Å². The molecule has 5 aromatic rings. The summed E-state index contributed by atoms with van der Waals surface area (Å²) in [6, 6.07) is 15.3. The number of para-hydroxylation sites is 1. The predicted molar refractivity (Wildman–Crippen MR) is 134 cm³/mol. The molecule has 2 aromatic carbocycles. The standard InChI is InChI=1S/C24H21N7O3S/c1-13(27-23(33)21-20(25)22(32)30-24(34)29-21)14-5-4-6-15(9-14)16-10-26-31(11-16)12-19-28-17-7-2-3-8-18(17)35-19/h2-11,13H,12,25H2,1H3,(H,27,33)(H2,29,30,32,34). The molecule has 10 nitrogen and oxygen atoms in total.